The van der Waals surface area contributed by atoms with Crippen molar-refractivity contribution >= 4 is 23.3 Å². The number of aromatic nitrogens is 2. The third-order valence-electron chi connectivity index (χ3n) is 4.75. The van der Waals surface area contributed by atoms with Gasteiger partial charge in [0.2, 0.25) is 5.91 Å². The number of rotatable bonds is 7. The Kier molecular flexibility index (Phi) is 6.02. The van der Waals surface area contributed by atoms with Gasteiger partial charge in [-0.3, -0.25) is 9.48 Å². The molecule has 1 aliphatic rings. The van der Waals surface area contributed by atoms with Crippen molar-refractivity contribution in [2.24, 2.45) is 5.92 Å². The van der Waals surface area contributed by atoms with Crippen molar-refractivity contribution in [1.29, 1.82) is 0 Å². The first-order valence-corrected chi connectivity index (χ1v) is 9.82. The Morgan fingerprint density at radius 2 is 1.71 bits per heavy atom. The average Bonchev–Trinajstić information content (AvgIpc) is 3.39. The lowest BCUT2D eigenvalue weighted by molar-refractivity contribution is -0.115. The number of carbonyl (C=O) groups is 2. The van der Waals surface area contributed by atoms with Gasteiger partial charge in [0.25, 0.3) is 0 Å². The summed E-state index contributed by atoms with van der Waals surface area (Å²) in [7, 11) is 0. The van der Waals surface area contributed by atoms with E-state index in [1.165, 1.54) is 0 Å². The van der Waals surface area contributed by atoms with Crippen molar-refractivity contribution in [3.8, 4) is 0 Å². The van der Waals surface area contributed by atoms with E-state index >= 15 is 0 Å². The maximum Gasteiger partial charge on any atom is 0.319 e. The van der Waals surface area contributed by atoms with E-state index in [0.717, 1.165) is 36.3 Å². The Balaban J connectivity index is 1.56. The maximum absolute atomic E-state index is 12.5. The number of aryl methyl sites for hydroxylation is 1. The first-order valence-electron chi connectivity index (χ1n) is 9.82. The summed E-state index contributed by atoms with van der Waals surface area (Å²) in [6, 6.07) is 7.25. The van der Waals surface area contributed by atoms with Crippen LogP contribution in [-0.4, -0.2) is 27.8 Å². The first kappa shape index (κ1) is 19.9. The summed E-state index contributed by atoms with van der Waals surface area (Å²) >= 11 is 0. The lowest BCUT2D eigenvalue weighted by atomic mass is 10.1. The van der Waals surface area contributed by atoms with E-state index in [2.05, 4.69) is 34.9 Å². The van der Waals surface area contributed by atoms with Gasteiger partial charge in [-0.1, -0.05) is 13.8 Å². The zero-order valence-corrected chi connectivity index (χ0v) is 17.0. The maximum atomic E-state index is 12.5. The number of anilines is 2. The molecule has 3 rings (SSSR count). The van der Waals surface area contributed by atoms with Crippen LogP contribution in [0.5, 0.6) is 0 Å². The van der Waals surface area contributed by atoms with Crippen LogP contribution in [0.1, 0.15) is 43.6 Å². The van der Waals surface area contributed by atoms with Crippen LogP contribution in [0.3, 0.4) is 0 Å². The Morgan fingerprint density at radius 1 is 1.11 bits per heavy atom. The van der Waals surface area contributed by atoms with Gasteiger partial charge < -0.3 is 16.0 Å². The van der Waals surface area contributed by atoms with Crippen molar-refractivity contribution in [2.75, 3.05) is 10.6 Å². The lowest BCUT2D eigenvalue weighted by Gasteiger charge is -2.10. The van der Waals surface area contributed by atoms with Crippen LogP contribution >= 0.6 is 0 Å². The predicted molar refractivity (Wildman–Crippen MR) is 110 cm³/mol. The fourth-order valence-corrected chi connectivity index (χ4v) is 3.10. The van der Waals surface area contributed by atoms with Gasteiger partial charge in [-0.15, -0.1) is 0 Å². The zero-order chi connectivity index (χ0) is 20.3. The fraction of sp³-hybridized carbons (Fsp3) is 0.476. The molecule has 0 saturated heterocycles. The minimum absolute atomic E-state index is 0.0810. The fourth-order valence-electron chi connectivity index (χ4n) is 3.10. The van der Waals surface area contributed by atoms with E-state index in [4.69, 9.17) is 0 Å². The summed E-state index contributed by atoms with van der Waals surface area (Å²) in [4.78, 5) is 24.2. The second-order valence-corrected chi connectivity index (χ2v) is 7.90. The third kappa shape index (κ3) is 5.34. The van der Waals surface area contributed by atoms with Gasteiger partial charge >= 0.3 is 6.03 Å². The zero-order valence-electron chi connectivity index (χ0n) is 17.0. The Labute approximate surface area is 165 Å². The molecule has 28 heavy (non-hydrogen) atoms. The van der Waals surface area contributed by atoms with Gasteiger partial charge in [0.05, 0.1) is 12.1 Å². The number of hydrogen-bond acceptors (Lipinski definition) is 3. The molecule has 0 aliphatic heterocycles. The van der Waals surface area contributed by atoms with Crippen LogP contribution in [0.25, 0.3) is 0 Å². The van der Waals surface area contributed by atoms with Crippen molar-refractivity contribution in [3.05, 3.63) is 41.2 Å². The molecule has 0 unspecified atom stereocenters. The third-order valence-corrected chi connectivity index (χ3v) is 4.75. The monoisotopic (exact) mass is 383 g/mol. The first-order chi connectivity index (χ1) is 13.3. The van der Waals surface area contributed by atoms with Gasteiger partial charge in [0, 0.05) is 35.2 Å². The van der Waals surface area contributed by atoms with E-state index in [9.17, 15) is 9.59 Å². The molecule has 7 heteroatoms. The summed E-state index contributed by atoms with van der Waals surface area (Å²) in [5.41, 5.74) is 4.31. The highest BCUT2D eigenvalue weighted by atomic mass is 16.2. The van der Waals surface area contributed by atoms with Gasteiger partial charge in [-0.25, -0.2) is 4.79 Å². The van der Waals surface area contributed by atoms with Gasteiger partial charge in [0.15, 0.2) is 0 Å². The lowest BCUT2D eigenvalue weighted by Crippen LogP contribution is -2.30. The number of nitrogens with one attached hydrogen (secondary N) is 3. The van der Waals surface area contributed by atoms with Gasteiger partial charge in [-0.2, -0.15) is 5.10 Å². The molecule has 1 heterocycles. The van der Waals surface area contributed by atoms with E-state index in [-0.39, 0.29) is 11.9 Å². The average molecular weight is 383 g/mol. The largest absolute Gasteiger partial charge is 0.335 e. The molecule has 3 N–H and O–H groups in total. The molecule has 1 aromatic heterocycles. The molecule has 1 aliphatic carbocycles. The topological polar surface area (TPSA) is 88.1 Å². The molecule has 1 saturated carbocycles. The minimum Gasteiger partial charge on any atom is -0.335 e. The molecule has 1 fully saturated rings. The smallest absolute Gasteiger partial charge is 0.319 e. The molecule has 150 valence electrons. The number of amides is 3. The SMILES string of the molecule is Cc1nn(CC(C)C)c(C)c1CC(=O)Nc1ccc(NC(=O)NC2CC2)cc1. The summed E-state index contributed by atoms with van der Waals surface area (Å²) in [5, 5.41) is 13.1. The quantitative estimate of drug-likeness (QED) is 0.682. The molecule has 0 bridgehead atoms. The molecular formula is C21H29N5O2. The van der Waals surface area contributed by atoms with E-state index in [1.807, 2.05) is 18.5 Å². The predicted octanol–water partition coefficient (Wildman–Crippen LogP) is 3.62. The Morgan fingerprint density at radius 3 is 2.29 bits per heavy atom. The molecule has 0 radical (unpaired) electrons. The van der Waals surface area contributed by atoms with Crippen LogP contribution in [0, 0.1) is 19.8 Å². The summed E-state index contributed by atoms with van der Waals surface area (Å²) < 4.78 is 1.98. The van der Waals surface area contributed by atoms with Crippen LogP contribution in [0.4, 0.5) is 16.2 Å². The molecule has 7 nitrogen and oxygen atoms in total. The van der Waals surface area contributed by atoms with Crippen molar-refractivity contribution < 1.29 is 9.59 Å². The number of nitrogens with zero attached hydrogens (tertiary/aromatic N) is 2. The van der Waals surface area contributed by atoms with E-state index in [0.29, 0.717) is 29.8 Å². The number of carbonyl (C=O) groups excluding carboxylic acids is 2. The molecule has 3 amide bonds. The summed E-state index contributed by atoms with van der Waals surface area (Å²) in [5.74, 6) is 0.417. The van der Waals surface area contributed by atoms with Gasteiger partial charge in [-0.05, 0) is 56.9 Å². The number of urea groups is 1. The highest BCUT2D eigenvalue weighted by Gasteiger charge is 2.23. The van der Waals surface area contributed by atoms with Crippen molar-refractivity contribution in [3.63, 3.8) is 0 Å². The summed E-state index contributed by atoms with van der Waals surface area (Å²) in [6.45, 7) is 9.10. The van der Waals surface area contributed by atoms with Crippen molar-refractivity contribution in [1.82, 2.24) is 15.1 Å². The second-order valence-electron chi connectivity index (χ2n) is 7.90. The number of benzene rings is 1. The van der Waals surface area contributed by atoms with Crippen LogP contribution < -0.4 is 16.0 Å². The second kappa shape index (κ2) is 8.46. The molecule has 0 spiro atoms. The number of hydrogen-bond donors (Lipinski definition) is 3. The minimum atomic E-state index is -0.191. The highest BCUT2D eigenvalue weighted by Crippen LogP contribution is 2.20. The summed E-state index contributed by atoms with van der Waals surface area (Å²) in [6.07, 6.45) is 2.39. The Hall–Kier alpha value is -2.83. The molecule has 2 aromatic rings. The Bertz CT molecular complexity index is 850. The van der Waals surface area contributed by atoms with E-state index in [1.54, 1.807) is 24.3 Å². The van der Waals surface area contributed by atoms with E-state index < -0.39 is 0 Å². The van der Waals surface area contributed by atoms with Crippen LogP contribution in [0.2, 0.25) is 0 Å². The standard InChI is InChI=1S/C21H29N5O2/c1-13(2)12-26-15(4)19(14(3)25-26)11-20(27)22-16-5-7-17(8-6-16)23-21(28)24-18-9-10-18/h5-8,13,18H,9-12H2,1-4H3,(H,22,27)(H2,23,24,28). The van der Waals surface area contributed by atoms with Crippen LogP contribution in [-0.2, 0) is 17.8 Å². The molecule has 1 aromatic carbocycles. The van der Waals surface area contributed by atoms with Crippen molar-refractivity contribution in [2.45, 2.75) is 59.5 Å². The van der Waals surface area contributed by atoms with Crippen LogP contribution in [0.15, 0.2) is 24.3 Å². The highest BCUT2D eigenvalue weighted by molar-refractivity contribution is 5.93. The molecule has 0 atom stereocenters. The molecular weight excluding hydrogens is 354 g/mol. The normalized spacial score (nSPS) is 13.5. The van der Waals surface area contributed by atoms with Gasteiger partial charge in [0.1, 0.15) is 0 Å².